The predicted octanol–water partition coefficient (Wildman–Crippen LogP) is 5.76. The van der Waals surface area contributed by atoms with Gasteiger partial charge in [-0.3, -0.25) is 0 Å². The van der Waals surface area contributed by atoms with Crippen LogP contribution in [0.5, 0.6) is 0 Å². The van der Waals surface area contributed by atoms with Gasteiger partial charge in [-0.2, -0.15) is 0 Å². The van der Waals surface area contributed by atoms with E-state index in [2.05, 4.69) is 27.7 Å². The van der Waals surface area contributed by atoms with E-state index >= 15 is 0 Å². The molecule has 0 saturated heterocycles. The molecule has 3 heteroatoms. The zero-order valence-corrected chi connectivity index (χ0v) is 16.3. The van der Waals surface area contributed by atoms with Crippen molar-refractivity contribution in [3.63, 3.8) is 0 Å². The minimum atomic E-state index is -0.0788. The standard InChI is InChI=1S/C20H42O3/c1-5-9-13-20(14-10-6-2,23-16-12-8-4)19-22-18-17-21-15-11-7-3/h5-19H2,1-4H3. The van der Waals surface area contributed by atoms with Gasteiger partial charge in [0.1, 0.15) is 0 Å². The van der Waals surface area contributed by atoms with Crippen LogP contribution in [0.4, 0.5) is 0 Å². The van der Waals surface area contributed by atoms with E-state index in [0.717, 1.165) is 38.9 Å². The Labute approximate surface area is 145 Å². The minimum Gasteiger partial charge on any atom is -0.379 e. The summed E-state index contributed by atoms with van der Waals surface area (Å²) in [5.74, 6) is 0. The van der Waals surface area contributed by atoms with E-state index in [1.165, 1.54) is 38.5 Å². The lowest BCUT2D eigenvalue weighted by atomic mass is 9.91. The molecule has 0 unspecified atom stereocenters. The lowest BCUT2D eigenvalue weighted by molar-refractivity contribution is -0.115. The largest absolute Gasteiger partial charge is 0.379 e. The molecule has 0 aliphatic rings. The molecule has 0 aromatic carbocycles. The molecule has 0 bridgehead atoms. The van der Waals surface area contributed by atoms with Crippen molar-refractivity contribution in [2.45, 2.75) is 97.5 Å². The van der Waals surface area contributed by atoms with Crippen molar-refractivity contribution in [2.24, 2.45) is 0 Å². The van der Waals surface area contributed by atoms with Crippen molar-refractivity contribution in [2.75, 3.05) is 33.0 Å². The fourth-order valence-electron chi connectivity index (χ4n) is 2.61. The topological polar surface area (TPSA) is 27.7 Å². The molecular weight excluding hydrogens is 288 g/mol. The van der Waals surface area contributed by atoms with Crippen molar-refractivity contribution in [3.8, 4) is 0 Å². The van der Waals surface area contributed by atoms with Crippen LogP contribution in [0.2, 0.25) is 0 Å². The Morgan fingerprint density at radius 3 is 1.65 bits per heavy atom. The SMILES string of the molecule is CCCCOCCOCC(CCCC)(CCCC)OCCCC. The van der Waals surface area contributed by atoms with E-state index in [1.54, 1.807) is 0 Å². The lowest BCUT2D eigenvalue weighted by Crippen LogP contribution is -2.39. The summed E-state index contributed by atoms with van der Waals surface area (Å²) in [6.45, 7) is 12.7. The highest BCUT2D eigenvalue weighted by atomic mass is 16.6. The van der Waals surface area contributed by atoms with Crippen molar-refractivity contribution in [1.82, 2.24) is 0 Å². The van der Waals surface area contributed by atoms with Gasteiger partial charge in [0.25, 0.3) is 0 Å². The first-order valence-electron chi connectivity index (χ1n) is 10.0. The molecule has 0 amide bonds. The van der Waals surface area contributed by atoms with Crippen LogP contribution >= 0.6 is 0 Å². The van der Waals surface area contributed by atoms with Crippen LogP contribution in [0.15, 0.2) is 0 Å². The van der Waals surface area contributed by atoms with Gasteiger partial charge in [0, 0.05) is 13.2 Å². The van der Waals surface area contributed by atoms with Gasteiger partial charge in [0.05, 0.1) is 25.4 Å². The molecular formula is C20H42O3. The summed E-state index contributed by atoms with van der Waals surface area (Å²) in [5, 5.41) is 0. The summed E-state index contributed by atoms with van der Waals surface area (Å²) in [6, 6.07) is 0. The molecule has 0 aliphatic carbocycles. The van der Waals surface area contributed by atoms with E-state index in [-0.39, 0.29) is 5.60 Å². The van der Waals surface area contributed by atoms with Gasteiger partial charge in [-0.25, -0.2) is 0 Å². The highest BCUT2D eigenvalue weighted by Gasteiger charge is 2.30. The third-order valence-corrected chi connectivity index (χ3v) is 4.26. The third-order valence-electron chi connectivity index (χ3n) is 4.26. The van der Waals surface area contributed by atoms with Gasteiger partial charge in [0.2, 0.25) is 0 Å². The summed E-state index contributed by atoms with van der Waals surface area (Å²) >= 11 is 0. The normalized spacial score (nSPS) is 12.0. The summed E-state index contributed by atoms with van der Waals surface area (Å²) < 4.78 is 17.9. The monoisotopic (exact) mass is 330 g/mol. The van der Waals surface area contributed by atoms with Crippen LogP contribution in [0.25, 0.3) is 0 Å². The molecule has 0 rings (SSSR count). The van der Waals surface area contributed by atoms with Crippen LogP contribution in [0, 0.1) is 0 Å². The molecule has 23 heavy (non-hydrogen) atoms. The van der Waals surface area contributed by atoms with Crippen molar-refractivity contribution >= 4 is 0 Å². The molecule has 0 atom stereocenters. The Morgan fingerprint density at radius 1 is 0.565 bits per heavy atom. The lowest BCUT2D eigenvalue weighted by Gasteiger charge is -2.34. The molecule has 0 heterocycles. The quantitative estimate of drug-likeness (QED) is 0.299. The van der Waals surface area contributed by atoms with Gasteiger partial charge in [0.15, 0.2) is 0 Å². The molecule has 140 valence electrons. The second-order valence-corrected chi connectivity index (χ2v) is 6.61. The maximum Gasteiger partial charge on any atom is 0.0914 e. The average Bonchev–Trinajstić information content (AvgIpc) is 2.57. The van der Waals surface area contributed by atoms with Crippen molar-refractivity contribution in [3.05, 3.63) is 0 Å². The fraction of sp³-hybridized carbons (Fsp3) is 1.00. The van der Waals surface area contributed by atoms with E-state index < -0.39 is 0 Å². The van der Waals surface area contributed by atoms with Crippen LogP contribution in [0.1, 0.15) is 91.9 Å². The van der Waals surface area contributed by atoms with Gasteiger partial charge in [-0.15, -0.1) is 0 Å². The number of unbranched alkanes of at least 4 members (excludes halogenated alkanes) is 4. The Morgan fingerprint density at radius 2 is 1.09 bits per heavy atom. The highest BCUT2D eigenvalue weighted by molar-refractivity contribution is 4.81. The molecule has 0 saturated carbocycles. The summed E-state index contributed by atoms with van der Waals surface area (Å²) in [6.07, 6.45) is 11.7. The zero-order chi connectivity index (χ0) is 17.2. The Bertz CT molecular complexity index is 223. The first-order valence-corrected chi connectivity index (χ1v) is 10.0. The maximum absolute atomic E-state index is 6.35. The Hall–Kier alpha value is -0.120. The van der Waals surface area contributed by atoms with Gasteiger partial charge in [-0.1, -0.05) is 66.2 Å². The van der Waals surface area contributed by atoms with Crippen LogP contribution in [-0.4, -0.2) is 38.6 Å². The third kappa shape index (κ3) is 12.9. The van der Waals surface area contributed by atoms with Gasteiger partial charge < -0.3 is 14.2 Å². The van der Waals surface area contributed by atoms with E-state index in [0.29, 0.717) is 19.8 Å². The van der Waals surface area contributed by atoms with E-state index in [9.17, 15) is 0 Å². The molecule has 0 aromatic rings. The minimum absolute atomic E-state index is 0.0788. The molecule has 3 nitrogen and oxygen atoms in total. The van der Waals surface area contributed by atoms with Crippen molar-refractivity contribution < 1.29 is 14.2 Å². The first kappa shape index (κ1) is 22.9. The van der Waals surface area contributed by atoms with E-state index in [1.807, 2.05) is 0 Å². The molecule has 0 aliphatic heterocycles. The fourth-order valence-corrected chi connectivity index (χ4v) is 2.61. The molecule has 0 fully saturated rings. The van der Waals surface area contributed by atoms with Gasteiger partial charge >= 0.3 is 0 Å². The smallest absolute Gasteiger partial charge is 0.0914 e. The number of hydrogen-bond donors (Lipinski definition) is 0. The summed E-state index contributed by atoms with van der Waals surface area (Å²) in [7, 11) is 0. The van der Waals surface area contributed by atoms with Crippen LogP contribution < -0.4 is 0 Å². The maximum atomic E-state index is 6.35. The zero-order valence-electron chi connectivity index (χ0n) is 16.3. The molecule has 0 radical (unpaired) electrons. The van der Waals surface area contributed by atoms with Crippen LogP contribution in [0.3, 0.4) is 0 Å². The Balaban J connectivity index is 4.28. The number of hydrogen-bond acceptors (Lipinski definition) is 3. The highest BCUT2D eigenvalue weighted by Crippen LogP contribution is 2.27. The predicted molar refractivity (Wildman–Crippen MR) is 99.2 cm³/mol. The molecule has 0 N–H and O–H groups in total. The number of rotatable bonds is 18. The number of ether oxygens (including phenoxy) is 3. The Kier molecular flexibility index (Phi) is 16.6. The summed E-state index contributed by atoms with van der Waals surface area (Å²) in [4.78, 5) is 0. The first-order chi connectivity index (χ1) is 11.2. The van der Waals surface area contributed by atoms with E-state index in [4.69, 9.17) is 14.2 Å². The second kappa shape index (κ2) is 16.7. The van der Waals surface area contributed by atoms with Crippen molar-refractivity contribution in [1.29, 1.82) is 0 Å². The second-order valence-electron chi connectivity index (χ2n) is 6.61. The summed E-state index contributed by atoms with van der Waals surface area (Å²) in [5.41, 5.74) is -0.0788. The molecule has 0 aromatic heterocycles. The van der Waals surface area contributed by atoms with Gasteiger partial charge in [-0.05, 0) is 25.7 Å². The molecule has 0 spiro atoms. The van der Waals surface area contributed by atoms with Crippen LogP contribution in [-0.2, 0) is 14.2 Å². The average molecular weight is 331 g/mol.